The molecule has 2 aromatic carbocycles. The van der Waals surface area contributed by atoms with Crippen LogP contribution in [0.2, 0.25) is 0 Å². The molecule has 0 saturated carbocycles. The molecule has 0 atom stereocenters. The van der Waals surface area contributed by atoms with Crippen molar-refractivity contribution in [2.75, 3.05) is 26.2 Å². The van der Waals surface area contributed by atoms with E-state index in [9.17, 15) is 4.79 Å². The summed E-state index contributed by atoms with van der Waals surface area (Å²) in [6, 6.07) is 25.3. The van der Waals surface area contributed by atoms with Crippen LogP contribution in [0.3, 0.4) is 0 Å². The van der Waals surface area contributed by atoms with Gasteiger partial charge in [-0.15, -0.1) is 11.3 Å². The van der Waals surface area contributed by atoms with E-state index >= 15 is 0 Å². The molecular formula is C25H25N5OS2. The number of aromatic amines is 1. The Balaban J connectivity index is 1.29. The first-order valence-electron chi connectivity index (χ1n) is 11.0. The molecule has 0 unspecified atom stereocenters. The number of piperazine rings is 1. The first kappa shape index (κ1) is 21.8. The maximum absolute atomic E-state index is 13.2. The fourth-order valence-corrected chi connectivity index (χ4v) is 5.33. The van der Waals surface area contributed by atoms with Gasteiger partial charge in [-0.3, -0.25) is 19.4 Å². The Hall–Kier alpha value is -3.07. The number of nitrogens with zero attached hydrogens (tertiary/aromatic N) is 4. The molecule has 1 amide bonds. The van der Waals surface area contributed by atoms with Crippen LogP contribution in [0.25, 0.3) is 10.7 Å². The van der Waals surface area contributed by atoms with Gasteiger partial charge >= 0.3 is 0 Å². The topological polar surface area (TPSA) is 57.2 Å². The van der Waals surface area contributed by atoms with Crippen LogP contribution in [0.1, 0.15) is 17.2 Å². The maximum atomic E-state index is 13.2. The van der Waals surface area contributed by atoms with Gasteiger partial charge in [-0.1, -0.05) is 66.7 Å². The summed E-state index contributed by atoms with van der Waals surface area (Å²) in [6.07, 6.45) is 0. The van der Waals surface area contributed by atoms with Gasteiger partial charge in [-0.05, 0) is 34.8 Å². The summed E-state index contributed by atoms with van der Waals surface area (Å²) in [5.74, 6) is 0.788. The summed E-state index contributed by atoms with van der Waals surface area (Å²) in [6.45, 7) is 3.20. The molecule has 4 aromatic rings. The third kappa shape index (κ3) is 4.68. The summed E-state index contributed by atoms with van der Waals surface area (Å²) >= 11 is 6.98. The predicted molar refractivity (Wildman–Crippen MR) is 134 cm³/mol. The van der Waals surface area contributed by atoms with E-state index < -0.39 is 0 Å². The first-order chi connectivity index (χ1) is 16.2. The molecule has 3 heterocycles. The number of amides is 1. The third-order valence-corrected chi connectivity index (χ3v) is 7.23. The number of aromatic nitrogens is 3. The fourth-order valence-electron chi connectivity index (χ4n) is 4.41. The summed E-state index contributed by atoms with van der Waals surface area (Å²) in [7, 11) is 0. The van der Waals surface area contributed by atoms with Crippen LogP contribution in [0.5, 0.6) is 0 Å². The average Bonchev–Trinajstić information content (AvgIpc) is 3.51. The van der Waals surface area contributed by atoms with Gasteiger partial charge in [0.2, 0.25) is 5.91 Å². The second kappa shape index (κ2) is 9.82. The highest BCUT2D eigenvalue weighted by atomic mass is 32.1. The molecule has 0 bridgehead atoms. The number of hydrogen-bond acceptors (Lipinski definition) is 5. The minimum atomic E-state index is 0.0703. The molecule has 2 aromatic heterocycles. The van der Waals surface area contributed by atoms with E-state index in [1.165, 1.54) is 11.1 Å². The molecule has 5 rings (SSSR count). The molecule has 6 nitrogen and oxygen atoms in total. The van der Waals surface area contributed by atoms with Crippen molar-refractivity contribution in [1.29, 1.82) is 0 Å². The van der Waals surface area contributed by atoms with Crippen molar-refractivity contribution in [3.05, 3.63) is 94.1 Å². The van der Waals surface area contributed by atoms with Crippen molar-refractivity contribution in [2.24, 2.45) is 0 Å². The minimum Gasteiger partial charge on any atom is -0.339 e. The molecule has 1 saturated heterocycles. The van der Waals surface area contributed by atoms with E-state index in [2.05, 4.69) is 63.6 Å². The van der Waals surface area contributed by atoms with Crippen LogP contribution >= 0.6 is 23.6 Å². The number of carbonyl (C=O) groups excluding carboxylic acids is 1. The first-order valence-corrected chi connectivity index (χ1v) is 12.3. The molecule has 1 fully saturated rings. The van der Waals surface area contributed by atoms with Gasteiger partial charge < -0.3 is 4.90 Å². The lowest BCUT2D eigenvalue weighted by molar-refractivity contribution is -0.133. The fraction of sp³-hybridized carbons (Fsp3) is 0.240. The Morgan fingerprint density at radius 2 is 1.58 bits per heavy atom. The van der Waals surface area contributed by atoms with E-state index in [1.807, 2.05) is 34.5 Å². The van der Waals surface area contributed by atoms with Gasteiger partial charge in [-0.25, -0.2) is 0 Å². The number of carbonyl (C=O) groups is 1. The zero-order valence-electron chi connectivity index (χ0n) is 18.1. The van der Waals surface area contributed by atoms with E-state index in [0.717, 1.165) is 23.8 Å². The zero-order chi connectivity index (χ0) is 22.6. The van der Waals surface area contributed by atoms with Gasteiger partial charge in [0.25, 0.3) is 0 Å². The van der Waals surface area contributed by atoms with Crippen molar-refractivity contribution in [3.63, 3.8) is 0 Å². The van der Waals surface area contributed by atoms with Crippen molar-refractivity contribution >= 4 is 29.5 Å². The normalized spacial score (nSPS) is 14.6. The summed E-state index contributed by atoms with van der Waals surface area (Å²) in [5.41, 5.74) is 2.54. The van der Waals surface area contributed by atoms with Crippen LogP contribution < -0.4 is 0 Å². The molecule has 168 valence electrons. The molecule has 1 N–H and O–H groups in total. The van der Waals surface area contributed by atoms with E-state index in [4.69, 9.17) is 12.2 Å². The standard InChI is InChI=1S/C25H25N5OS2/c31-22(18-30-24(26-27-25(30)32)21-12-7-17-33-21)28-13-15-29(16-14-28)23(19-8-3-1-4-9-19)20-10-5-2-6-11-20/h1-12,17,23H,13-16,18H2,(H,27,32). The number of nitrogens with one attached hydrogen (secondary N) is 1. The average molecular weight is 476 g/mol. The summed E-state index contributed by atoms with van der Waals surface area (Å²) in [4.78, 5) is 18.6. The Labute approximate surface area is 202 Å². The quantitative estimate of drug-likeness (QED) is 0.414. The smallest absolute Gasteiger partial charge is 0.242 e. The lowest BCUT2D eigenvalue weighted by Crippen LogP contribution is -2.50. The Morgan fingerprint density at radius 3 is 2.15 bits per heavy atom. The van der Waals surface area contributed by atoms with Crippen molar-refractivity contribution < 1.29 is 4.79 Å². The monoisotopic (exact) mass is 475 g/mol. The second-order valence-corrected chi connectivity index (χ2v) is 9.39. The van der Waals surface area contributed by atoms with Crippen LogP contribution in [0.15, 0.2) is 78.2 Å². The molecule has 33 heavy (non-hydrogen) atoms. The van der Waals surface area contributed by atoms with E-state index in [1.54, 1.807) is 15.9 Å². The van der Waals surface area contributed by atoms with Crippen molar-refractivity contribution in [2.45, 2.75) is 12.6 Å². The summed E-state index contributed by atoms with van der Waals surface area (Å²) < 4.78 is 2.27. The number of hydrogen-bond donors (Lipinski definition) is 1. The highest BCUT2D eigenvalue weighted by Crippen LogP contribution is 2.29. The number of thiophene rings is 1. The van der Waals surface area contributed by atoms with Gasteiger partial charge in [0, 0.05) is 26.2 Å². The number of rotatable bonds is 6. The molecule has 8 heteroatoms. The number of benzene rings is 2. The molecule has 1 aliphatic rings. The van der Waals surface area contributed by atoms with Crippen molar-refractivity contribution in [1.82, 2.24) is 24.6 Å². The Bertz CT molecular complexity index is 1200. The van der Waals surface area contributed by atoms with Crippen LogP contribution in [0.4, 0.5) is 0 Å². The molecule has 1 aliphatic heterocycles. The maximum Gasteiger partial charge on any atom is 0.242 e. The highest BCUT2D eigenvalue weighted by Gasteiger charge is 2.28. The van der Waals surface area contributed by atoms with Gasteiger partial charge in [0.1, 0.15) is 6.54 Å². The van der Waals surface area contributed by atoms with Crippen LogP contribution in [-0.4, -0.2) is 56.7 Å². The van der Waals surface area contributed by atoms with Crippen LogP contribution in [-0.2, 0) is 11.3 Å². The Kier molecular flexibility index (Phi) is 6.48. The third-order valence-electron chi connectivity index (χ3n) is 6.06. The summed E-state index contributed by atoms with van der Waals surface area (Å²) in [5, 5.41) is 9.17. The molecular weight excluding hydrogens is 450 g/mol. The second-order valence-electron chi connectivity index (χ2n) is 8.06. The largest absolute Gasteiger partial charge is 0.339 e. The van der Waals surface area contributed by atoms with Crippen molar-refractivity contribution in [3.8, 4) is 10.7 Å². The number of H-pyrrole nitrogens is 1. The predicted octanol–water partition coefficient (Wildman–Crippen LogP) is 4.60. The molecule has 0 spiro atoms. The van der Waals surface area contributed by atoms with Gasteiger partial charge in [0.15, 0.2) is 10.6 Å². The zero-order valence-corrected chi connectivity index (χ0v) is 19.8. The molecule has 0 aliphatic carbocycles. The van der Waals surface area contributed by atoms with E-state index in [0.29, 0.717) is 17.9 Å². The van der Waals surface area contributed by atoms with Gasteiger partial charge in [-0.2, -0.15) is 5.10 Å². The Morgan fingerprint density at radius 1 is 0.939 bits per heavy atom. The van der Waals surface area contributed by atoms with E-state index in [-0.39, 0.29) is 18.5 Å². The highest BCUT2D eigenvalue weighted by molar-refractivity contribution is 7.71. The van der Waals surface area contributed by atoms with Crippen LogP contribution in [0, 0.1) is 4.77 Å². The lowest BCUT2D eigenvalue weighted by atomic mass is 9.96. The lowest BCUT2D eigenvalue weighted by Gasteiger charge is -2.39. The molecule has 0 radical (unpaired) electrons. The van der Waals surface area contributed by atoms with Gasteiger partial charge in [0.05, 0.1) is 10.9 Å². The minimum absolute atomic E-state index is 0.0703. The SMILES string of the molecule is O=C(Cn1c(-c2cccs2)n[nH]c1=S)N1CCN(C(c2ccccc2)c2ccccc2)CC1.